The van der Waals surface area contributed by atoms with E-state index in [-0.39, 0.29) is 0 Å². The summed E-state index contributed by atoms with van der Waals surface area (Å²) in [7, 11) is 4.27. The van der Waals surface area contributed by atoms with Crippen molar-refractivity contribution in [3.05, 3.63) is 35.4 Å². The van der Waals surface area contributed by atoms with Crippen LogP contribution in [0.5, 0.6) is 0 Å². The standard InChI is InChI=1S/C18H31N3/c1-4-21(12-6-11-20(2)3)18(14-19)17-8-5-7-16(13-17)15-9-10-15/h5,7-8,13,15,18H,4,6,9-12,14,19H2,1-3H3. The van der Waals surface area contributed by atoms with Crippen molar-refractivity contribution in [3.63, 3.8) is 0 Å². The highest BCUT2D eigenvalue weighted by molar-refractivity contribution is 5.31. The summed E-state index contributed by atoms with van der Waals surface area (Å²) in [4.78, 5) is 4.77. The van der Waals surface area contributed by atoms with E-state index in [2.05, 4.69) is 55.1 Å². The second kappa shape index (κ2) is 7.92. The van der Waals surface area contributed by atoms with Crippen LogP contribution in [-0.4, -0.2) is 50.1 Å². The van der Waals surface area contributed by atoms with Crippen LogP contribution in [0.25, 0.3) is 0 Å². The van der Waals surface area contributed by atoms with Gasteiger partial charge in [-0.3, -0.25) is 4.90 Å². The number of benzene rings is 1. The monoisotopic (exact) mass is 289 g/mol. The maximum Gasteiger partial charge on any atom is 0.0470 e. The number of nitrogens with zero attached hydrogens (tertiary/aromatic N) is 2. The lowest BCUT2D eigenvalue weighted by molar-refractivity contribution is 0.201. The van der Waals surface area contributed by atoms with Crippen molar-refractivity contribution < 1.29 is 0 Å². The Morgan fingerprint density at radius 3 is 2.57 bits per heavy atom. The van der Waals surface area contributed by atoms with E-state index in [0.29, 0.717) is 12.6 Å². The third-order valence-electron chi connectivity index (χ3n) is 4.47. The third-order valence-corrected chi connectivity index (χ3v) is 4.47. The van der Waals surface area contributed by atoms with Gasteiger partial charge in [0, 0.05) is 19.1 Å². The Kier molecular flexibility index (Phi) is 6.22. The zero-order chi connectivity index (χ0) is 15.2. The summed E-state index contributed by atoms with van der Waals surface area (Å²) in [5.41, 5.74) is 9.01. The van der Waals surface area contributed by atoms with Crippen molar-refractivity contribution in [3.8, 4) is 0 Å². The molecule has 0 heterocycles. The van der Waals surface area contributed by atoms with Gasteiger partial charge in [-0.2, -0.15) is 0 Å². The fourth-order valence-corrected chi connectivity index (χ4v) is 3.06. The summed E-state index contributed by atoms with van der Waals surface area (Å²) in [5, 5.41) is 0. The van der Waals surface area contributed by atoms with Gasteiger partial charge in [-0.05, 0) is 63.5 Å². The van der Waals surface area contributed by atoms with E-state index in [1.807, 2.05) is 0 Å². The minimum Gasteiger partial charge on any atom is -0.329 e. The molecule has 1 aromatic carbocycles. The molecule has 3 heteroatoms. The molecule has 21 heavy (non-hydrogen) atoms. The Morgan fingerprint density at radius 1 is 1.24 bits per heavy atom. The molecule has 1 fully saturated rings. The number of hydrogen-bond donors (Lipinski definition) is 1. The lowest BCUT2D eigenvalue weighted by Crippen LogP contribution is -2.35. The average molecular weight is 289 g/mol. The molecule has 1 aromatic rings. The minimum absolute atomic E-state index is 0.357. The van der Waals surface area contributed by atoms with Crippen LogP contribution in [0, 0.1) is 0 Å². The van der Waals surface area contributed by atoms with Gasteiger partial charge < -0.3 is 10.6 Å². The molecule has 2 N–H and O–H groups in total. The summed E-state index contributed by atoms with van der Waals surface area (Å²) in [6.45, 7) is 6.25. The van der Waals surface area contributed by atoms with Crippen LogP contribution in [0.15, 0.2) is 24.3 Å². The van der Waals surface area contributed by atoms with Crippen LogP contribution < -0.4 is 5.73 Å². The molecule has 0 radical (unpaired) electrons. The molecule has 1 aliphatic rings. The molecule has 118 valence electrons. The molecule has 1 unspecified atom stereocenters. The zero-order valence-corrected chi connectivity index (χ0v) is 13.9. The molecule has 0 bridgehead atoms. The molecule has 2 rings (SSSR count). The Labute approximate surface area is 130 Å². The van der Waals surface area contributed by atoms with Crippen molar-refractivity contribution in [2.24, 2.45) is 5.73 Å². The first-order valence-corrected chi connectivity index (χ1v) is 8.34. The molecule has 1 saturated carbocycles. The fraction of sp³-hybridized carbons (Fsp3) is 0.667. The van der Waals surface area contributed by atoms with Crippen molar-refractivity contribution in [2.45, 2.75) is 38.1 Å². The summed E-state index contributed by atoms with van der Waals surface area (Å²) < 4.78 is 0. The van der Waals surface area contributed by atoms with Crippen LogP contribution in [0.3, 0.4) is 0 Å². The predicted octanol–water partition coefficient (Wildman–Crippen LogP) is 2.84. The fourth-order valence-electron chi connectivity index (χ4n) is 3.06. The van der Waals surface area contributed by atoms with Gasteiger partial charge in [0.2, 0.25) is 0 Å². The number of hydrogen-bond acceptors (Lipinski definition) is 3. The molecule has 1 atom stereocenters. The molecule has 1 aliphatic carbocycles. The smallest absolute Gasteiger partial charge is 0.0470 e. The van der Waals surface area contributed by atoms with Gasteiger partial charge in [-0.1, -0.05) is 31.2 Å². The highest BCUT2D eigenvalue weighted by Gasteiger charge is 2.25. The quantitative estimate of drug-likeness (QED) is 0.759. The van der Waals surface area contributed by atoms with E-state index in [4.69, 9.17) is 5.73 Å². The second-order valence-electron chi connectivity index (χ2n) is 6.48. The molecule has 0 saturated heterocycles. The Hall–Kier alpha value is -0.900. The molecular formula is C18H31N3. The Balaban J connectivity index is 2.03. The van der Waals surface area contributed by atoms with Crippen LogP contribution in [0.1, 0.15) is 49.3 Å². The lowest BCUT2D eigenvalue weighted by atomic mass is 10.00. The summed E-state index contributed by atoms with van der Waals surface area (Å²) in [5.74, 6) is 0.812. The van der Waals surface area contributed by atoms with Crippen molar-refractivity contribution in [1.29, 1.82) is 0 Å². The van der Waals surface area contributed by atoms with Gasteiger partial charge in [0.1, 0.15) is 0 Å². The lowest BCUT2D eigenvalue weighted by Gasteiger charge is -2.31. The van der Waals surface area contributed by atoms with Gasteiger partial charge in [0.15, 0.2) is 0 Å². The molecule has 0 spiro atoms. The first kappa shape index (κ1) is 16.5. The minimum atomic E-state index is 0.357. The first-order chi connectivity index (χ1) is 10.2. The molecule has 0 aromatic heterocycles. The van der Waals surface area contributed by atoms with E-state index in [1.165, 1.54) is 30.4 Å². The largest absolute Gasteiger partial charge is 0.329 e. The van der Waals surface area contributed by atoms with Crippen LogP contribution in [-0.2, 0) is 0 Å². The molecule has 0 amide bonds. The van der Waals surface area contributed by atoms with E-state index in [0.717, 1.165) is 25.6 Å². The van der Waals surface area contributed by atoms with Crippen molar-refractivity contribution in [1.82, 2.24) is 9.80 Å². The third kappa shape index (κ3) is 4.80. The number of nitrogens with two attached hydrogens (primary N) is 1. The maximum atomic E-state index is 6.10. The van der Waals surface area contributed by atoms with Crippen molar-refractivity contribution in [2.75, 3.05) is 40.3 Å². The topological polar surface area (TPSA) is 32.5 Å². The summed E-state index contributed by atoms with van der Waals surface area (Å²) in [6.07, 6.45) is 3.91. The van der Waals surface area contributed by atoms with Gasteiger partial charge >= 0.3 is 0 Å². The van der Waals surface area contributed by atoms with Crippen molar-refractivity contribution >= 4 is 0 Å². The first-order valence-electron chi connectivity index (χ1n) is 8.34. The SMILES string of the molecule is CCN(CCCN(C)C)C(CN)c1cccc(C2CC2)c1. The van der Waals surface area contributed by atoms with E-state index < -0.39 is 0 Å². The molecule has 3 nitrogen and oxygen atoms in total. The second-order valence-corrected chi connectivity index (χ2v) is 6.48. The van der Waals surface area contributed by atoms with Gasteiger partial charge in [-0.15, -0.1) is 0 Å². The highest BCUT2D eigenvalue weighted by Crippen LogP contribution is 2.40. The molecular weight excluding hydrogens is 258 g/mol. The Bertz CT molecular complexity index is 426. The maximum absolute atomic E-state index is 6.10. The predicted molar refractivity (Wildman–Crippen MR) is 90.6 cm³/mol. The van der Waals surface area contributed by atoms with E-state index in [9.17, 15) is 0 Å². The molecule has 0 aliphatic heterocycles. The Morgan fingerprint density at radius 2 is 2.00 bits per heavy atom. The van der Waals surface area contributed by atoms with E-state index in [1.54, 1.807) is 0 Å². The number of rotatable bonds is 9. The van der Waals surface area contributed by atoms with Gasteiger partial charge in [-0.25, -0.2) is 0 Å². The summed E-state index contributed by atoms with van der Waals surface area (Å²) >= 11 is 0. The van der Waals surface area contributed by atoms with Crippen LogP contribution in [0.4, 0.5) is 0 Å². The average Bonchev–Trinajstić information content (AvgIpc) is 3.31. The van der Waals surface area contributed by atoms with E-state index >= 15 is 0 Å². The summed E-state index contributed by atoms with van der Waals surface area (Å²) in [6, 6.07) is 9.48. The van der Waals surface area contributed by atoms with Gasteiger partial charge in [0.25, 0.3) is 0 Å². The van der Waals surface area contributed by atoms with Crippen LogP contribution in [0.2, 0.25) is 0 Å². The van der Waals surface area contributed by atoms with Gasteiger partial charge in [0.05, 0.1) is 0 Å². The normalized spacial score (nSPS) is 16.7. The zero-order valence-electron chi connectivity index (χ0n) is 13.9. The highest BCUT2D eigenvalue weighted by atomic mass is 15.2. The number of likely N-dealkylation sites (N-methyl/N-ethyl adjacent to an activating group) is 1. The van der Waals surface area contributed by atoms with Crippen LogP contribution >= 0.6 is 0 Å².